The van der Waals surface area contributed by atoms with Crippen LogP contribution in [-0.4, -0.2) is 4.98 Å². The Hall–Kier alpha value is -2.21. The van der Waals surface area contributed by atoms with Gasteiger partial charge in [-0.15, -0.1) is 0 Å². The molecule has 1 heterocycles. The van der Waals surface area contributed by atoms with Crippen LogP contribution in [0.5, 0.6) is 0 Å². The molecular formula is C11H9N3. The number of nitrogen functional groups attached to an aromatic ring is 1. The van der Waals surface area contributed by atoms with E-state index >= 15 is 0 Å². The number of nitrogens with two attached hydrogens (primary N) is 1. The number of rotatable bonds is 1. The van der Waals surface area contributed by atoms with Crippen molar-refractivity contribution in [2.24, 2.45) is 0 Å². The number of hydrogen-bond donors (Lipinski definition) is 2. The third-order valence-corrected chi connectivity index (χ3v) is 2.05. The normalized spacial score (nSPS) is 9.64. The van der Waals surface area contributed by atoms with E-state index in [4.69, 9.17) is 11.0 Å². The van der Waals surface area contributed by atoms with Gasteiger partial charge in [0.25, 0.3) is 0 Å². The van der Waals surface area contributed by atoms with Gasteiger partial charge in [0.15, 0.2) is 0 Å². The molecule has 2 aromatic rings. The van der Waals surface area contributed by atoms with Gasteiger partial charge >= 0.3 is 0 Å². The van der Waals surface area contributed by atoms with Crippen LogP contribution >= 0.6 is 0 Å². The minimum Gasteiger partial charge on any atom is -0.399 e. The lowest BCUT2D eigenvalue weighted by molar-refractivity contribution is 1.39. The fourth-order valence-electron chi connectivity index (χ4n) is 1.39. The summed E-state index contributed by atoms with van der Waals surface area (Å²) in [4.78, 5) is 3.06. The monoisotopic (exact) mass is 183 g/mol. The van der Waals surface area contributed by atoms with Crippen LogP contribution in [0.1, 0.15) is 5.56 Å². The Balaban J connectivity index is 2.60. The molecule has 0 unspecified atom stereocenters. The van der Waals surface area contributed by atoms with E-state index in [1.165, 1.54) is 0 Å². The molecule has 0 bridgehead atoms. The Morgan fingerprint density at radius 2 is 2.14 bits per heavy atom. The SMILES string of the molecule is N#Cc1cc(N)ccc1-c1ccc[nH]1. The van der Waals surface area contributed by atoms with Crippen molar-refractivity contribution in [3.05, 3.63) is 42.1 Å². The first-order valence-corrected chi connectivity index (χ1v) is 4.24. The molecule has 0 saturated carbocycles. The van der Waals surface area contributed by atoms with Crippen LogP contribution < -0.4 is 5.73 Å². The summed E-state index contributed by atoms with van der Waals surface area (Å²) >= 11 is 0. The van der Waals surface area contributed by atoms with Crippen molar-refractivity contribution in [3.63, 3.8) is 0 Å². The van der Waals surface area contributed by atoms with Gasteiger partial charge in [-0.25, -0.2) is 0 Å². The van der Waals surface area contributed by atoms with Crippen molar-refractivity contribution in [2.75, 3.05) is 5.73 Å². The van der Waals surface area contributed by atoms with E-state index in [-0.39, 0.29) is 0 Å². The van der Waals surface area contributed by atoms with Gasteiger partial charge in [0.1, 0.15) is 0 Å². The van der Waals surface area contributed by atoms with Crippen LogP contribution in [-0.2, 0) is 0 Å². The van der Waals surface area contributed by atoms with Gasteiger partial charge in [0.05, 0.1) is 11.6 Å². The third kappa shape index (κ3) is 1.34. The second-order valence-corrected chi connectivity index (χ2v) is 3.00. The second kappa shape index (κ2) is 3.27. The summed E-state index contributed by atoms with van der Waals surface area (Å²) in [6.07, 6.45) is 1.83. The molecule has 0 aliphatic rings. The van der Waals surface area contributed by atoms with Gasteiger partial charge in [-0.1, -0.05) is 0 Å². The predicted molar refractivity (Wildman–Crippen MR) is 55.4 cm³/mol. The zero-order valence-corrected chi connectivity index (χ0v) is 7.49. The Morgan fingerprint density at radius 1 is 1.29 bits per heavy atom. The average Bonchev–Trinajstić information content (AvgIpc) is 2.70. The van der Waals surface area contributed by atoms with Gasteiger partial charge in [-0.2, -0.15) is 5.26 Å². The van der Waals surface area contributed by atoms with E-state index in [1.54, 1.807) is 12.1 Å². The lowest BCUT2D eigenvalue weighted by atomic mass is 10.1. The molecule has 14 heavy (non-hydrogen) atoms. The number of nitrogens with one attached hydrogen (secondary N) is 1. The predicted octanol–water partition coefficient (Wildman–Crippen LogP) is 2.14. The zero-order valence-electron chi connectivity index (χ0n) is 7.49. The maximum atomic E-state index is 8.92. The van der Waals surface area contributed by atoms with Gasteiger partial charge in [-0.05, 0) is 30.3 Å². The number of nitrogens with zero attached hydrogens (tertiary/aromatic N) is 1. The van der Waals surface area contributed by atoms with Crippen LogP contribution in [0.3, 0.4) is 0 Å². The number of nitriles is 1. The van der Waals surface area contributed by atoms with E-state index < -0.39 is 0 Å². The summed E-state index contributed by atoms with van der Waals surface area (Å²) in [5.74, 6) is 0. The van der Waals surface area contributed by atoms with Gasteiger partial charge in [-0.3, -0.25) is 0 Å². The topological polar surface area (TPSA) is 65.6 Å². The van der Waals surface area contributed by atoms with Crippen LogP contribution in [0.2, 0.25) is 0 Å². The fraction of sp³-hybridized carbons (Fsp3) is 0. The fourth-order valence-corrected chi connectivity index (χ4v) is 1.39. The Bertz CT molecular complexity index is 478. The Kier molecular flexibility index (Phi) is 1.96. The summed E-state index contributed by atoms with van der Waals surface area (Å²) in [6, 6.07) is 11.3. The summed E-state index contributed by atoms with van der Waals surface area (Å²) in [7, 11) is 0. The largest absolute Gasteiger partial charge is 0.399 e. The van der Waals surface area contributed by atoms with E-state index in [0.717, 1.165) is 11.3 Å². The molecule has 68 valence electrons. The summed E-state index contributed by atoms with van der Waals surface area (Å²) in [5, 5.41) is 8.92. The number of H-pyrrole nitrogens is 1. The number of anilines is 1. The molecule has 0 aliphatic heterocycles. The highest BCUT2D eigenvalue weighted by Crippen LogP contribution is 2.23. The van der Waals surface area contributed by atoms with Crippen LogP contribution in [0.4, 0.5) is 5.69 Å². The smallest absolute Gasteiger partial charge is 0.0999 e. The molecule has 1 aromatic carbocycles. The molecule has 0 spiro atoms. The van der Waals surface area contributed by atoms with Gasteiger partial charge in [0.2, 0.25) is 0 Å². The summed E-state index contributed by atoms with van der Waals surface area (Å²) in [5.41, 5.74) is 8.61. The van der Waals surface area contributed by atoms with Crippen LogP contribution in [0.25, 0.3) is 11.3 Å². The average molecular weight is 183 g/mol. The molecule has 1 aromatic heterocycles. The van der Waals surface area contributed by atoms with Crippen molar-refractivity contribution in [3.8, 4) is 17.3 Å². The molecule has 0 radical (unpaired) electrons. The minimum absolute atomic E-state index is 0.590. The maximum Gasteiger partial charge on any atom is 0.0999 e. The number of benzene rings is 1. The number of hydrogen-bond acceptors (Lipinski definition) is 2. The second-order valence-electron chi connectivity index (χ2n) is 3.00. The molecule has 0 atom stereocenters. The van der Waals surface area contributed by atoms with Crippen molar-refractivity contribution in [1.82, 2.24) is 4.98 Å². The van der Waals surface area contributed by atoms with E-state index in [9.17, 15) is 0 Å². The Labute approximate surface area is 81.8 Å². The zero-order chi connectivity index (χ0) is 9.97. The molecule has 3 nitrogen and oxygen atoms in total. The Morgan fingerprint density at radius 3 is 2.79 bits per heavy atom. The van der Waals surface area contributed by atoms with Gasteiger partial charge < -0.3 is 10.7 Å². The van der Waals surface area contributed by atoms with Gasteiger partial charge in [0, 0.05) is 23.1 Å². The molecule has 0 amide bonds. The summed E-state index contributed by atoms with van der Waals surface area (Å²) in [6.45, 7) is 0. The molecule has 0 saturated heterocycles. The van der Waals surface area contributed by atoms with E-state index in [0.29, 0.717) is 11.3 Å². The first kappa shape index (κ1) is 8.39. The highest BCUT2D eigenvalue weighted by atomic mass is 14.7. The molecule has 3 heteroatoms. The maximum absolute atomic E-state index is 8.92. The van der Waals surface area contributed by atoms with E-state index in [1.807, 2.05) is 24.4 Å². The minimum atomic E-state index is 0.590. The van der Waals surface area contributed by atoms with E-state index in [2.05, 4.69) is 11.1 Å². The van der Waals surface area contributed by atoms with Crippen LogP contribution in [0, 0.1) is 11.3 Å². The van der Waals surface area contributed by atoms with Crippen molar-refractivity contribution in [1.29, 1.82) is 5.26 Å². The molecule has 0 aliphatic carbocycles. The highest BCUT2D eigenvalue weighted by molar-refractivity contribution is 5.70. The number of aromatic amines is 1. The van der Waals surface area contributed by atoms with Crippen molar-refractivity contribution < 1.29 is 0 Å². The van der Waals surface area contributed by atoms with Crippen LogP contribution in [0.15, 0.2) is 36.5 Å². The molecule has 3 N–H and O–H groups in total. The quantitative estimate of drug-likeness (QED) is 0.665. The van der Waals surface area contributed by atoms with Crippen molar-refractivity contribution >= 4 is 5.69 Å². The molecular weight excluding hydrogens is 174 g/mol. The van der Waals surface area contributed by atoms with Crippen molar-refractivity contribution in [2.45, 2.75) is 0 Å². The molecule has 0 fully saturated rings. The lowest BCUT2D eigenvalue weighted by Crippen LogP contribution is -1.89. The number of aromatic nitrogens is 1. The molecule has 2 rings (SSSR count). The first-order chi connectivity index (χ1) is 6.81. The standard InChI is InChI=1S/C11H9N3/c12-7-8-6-9(13)3-4-10(8)11-2-1-5-14-11/h1-6,14H,13H2. The first-order valence-electron chi connectivity index (χ1n) is 4.24. The third-order valence-electron chi connectivity index (χ3n) is 2.05. The lowest BCUT2D eigenvalue weighted by Gasteiger charge is -2.02. The summed E-state index contributed by atoms with van der Waals surface area (Å²) < 4.78 is 0. The highest BCUT2D eigenvalue weighted by Gasteiger charge is 2.04.